The molecule has 96 valence electrons. The molecule has 0 aliphatic carbocycles. The van der Waals surface area contributed by atoms with Crippen LogP contribution in [0.4, 0.5) is 17.6 Å². The highest BCUT2D eigenvalue weighted by atomic mass is 19.4. The summed E-state index contributed by atoms with van der Waals surface area (Å²) in [5.74, 6) is -1.13. The normalized spacial score (nSPS) is 17.6. The van der Waals surface area contributed by atoms with Gasteiger partial charge in [0.2, 0.25) is 5.60 Å². The third-order valence-electron chi connectivity index (χ3n) is 2.62. The Morgan fingerprint density at radius 3 is 2.24 bits per heavy atom. The molecule has 0 aromatic heterocycles. The molecule has 2 atom stereocenters. The van der Waals surface area contributed by atoms with Crippen LogP contribution in [0.3, 0.4) is 0 Å². The minimum Gasteiger partial charge on any atom is -0.375 e. The minimum absolute atomic E-state index is 0.407. The lowest BCUT2D eigenvalue weighted by molar-refractivity contribution is -0.273. The van der Waals surface area contributed by atoms with Gasteiger partial charge in [-0.2, -0.15) is 13.2 Å². The Morgan fingerprint density at radius 1 is 1.29 bits per heavy atom. The summed E-state index contributed by atoms with van der Waals surface area (Å²) in [5, 5.41) is 9.71. The Labute approximate surface area is 96.1 Å². The zero-order chi connectivity index (χ0) is 13.4. The van der Waals surface area contributed by atoms with Gasteiger partial charge in [-0.3, -0.25) is 0 Å². The lowest BCUT2D eigenvalue weighted by Crippen LogP contribution is -2.54. The monoisotopic (exact) mass is 251 g/mol. The molecule has 3 N–H and O–H groups in total. The van der Waals surface area contributed by atoms with Crippen LogP contribution >= 0.6 is 0 Å². The number of alkyl halides is 3. The SMILES string of the molecule is Cc1ccc(F)c(C(O)(C(C)N)C(F)(F)F)c1. The van der Waals surface area contributed by atoms with E-state index >= 15 is 0 Å². The summed E-state index contributed by atoms with van der Waals surface area (Å²) in [7, 11) is 0. The molecule has 0 bridgehead atoms. The number of hydrogen-bond acceptors (Lipinski definition) is 2. The summed E-state index contributed by atoms with van der Waals surface area (Å²) < 4.78 is 52.0. The van der Waals surface area contributed by atoms with E-state index < -0.39 is 29.2 Å². The molecule has 0 aliphatic rings. The maximum Gasteiger partial charge on any atom is 0.423 e. The number of hydrogen-bond donors (Lipinski definition) is 2. The lowest BCUT2D eigenvalue weighted by Gasteiger charge is -2.34. The van der Waals surface area contributed by atoms with Gasteiger partial charge in [-0.05, 0) is 26.0 Å². The van der Waals surface area contributed by atoms with Gasteiger partial charge in [0, 0.05) is 11.6 Å². The second-order valence-electron chi connectivity index (χ2n) is 4.04. The smallest absolute Gasteiger partial charge is 0.375 e. The van der Waals surface area contributed by atoms with Gasteiger partial charge in [-0.25, -0.2) is 4.39 Å². The van der Waals surface area contributed by atoms with Gasteiger partial charge in [-0.15, -0.1) is 0 Å². The first-order valence-corrected chi connectivity index (χ1v) is 4.92. The largest absolute Gasteiger partial charge is 0.423 e. The first-order valence-electron chi connectivity index (χ1n) is 4.92. The summed E-state index contributed by atoms with van der Waals surface area (Å²) in [5.41, 5.74) is 1.35. The van der Waals surface area contributed by atoms with E-state index in [2.05, 4.69) is 0 Å². The highest BCUT2D eigenvalue weighted by molar-refractivity contribution is 5.32. The van der Waals surface area contributed by atoms with Gasteiger partial charge in [-0.1, -0.05) is 11.6 Å². The zero-order valence-electron chi connectivity index (χ0n) is 9.35. The molecule has 17 heavy (non-hydrogen) atoms. The van der Waals surface area contributed by atoms with E-state index in [1.54, 1.807) is 0 Å². The van der Waals surface area contributed by atoms with Crippen LogP contribution in [0, 0.1) is 12.7 Å². The van der Waals surface area contributed by atoms with Crippen molar-refractivity contribution in [3.8, 4) is 0 Å². The molecule has 2 nitrogen and oxygen atoms in total. The molecule has 0 saturated carbocycles. The Bertz CT molecular complexity index is 416. The lowest BCUT2D eigenvalue weighted by atomic mass is 9.85. The average Bonchev–Trinajstić information content (AvgIpc) is 2.18. The van der Waals surface area contributed by atoms with Crippen molar-refractivity contribution >= 4 is 0 Å². The predicted molar refractivity (Wildman–Crippen MR) is 54.7 cm³/mol. The molecule has 0 saturated heterocycles. The molecular formula is C11H13F4NO. The first-order chi connectivity index (χ1) is 7.60. The van der Waals surface area contributed by atoms with Crippen molar-refractivity contribution in [2.24, 2.45) is 5.73 Å². The summed E-state index contributed by atoms with van der Waals surface area (Å²) in [6.07, 6.45) is -5.05. The molecular weight excluding hydrogens is 238 g/mol. The topological polar surface area (TPSA) is 46.2 Å². The van der Waals surface area contributed by atoms with Crippen LogP contribution in [0.15, 0.2) is 18.2 Å². The van der Waals surface area contributed by atoms with Crippen molar-refractivity contribution < 1.29 is 22.7 Å². The Balaban J connectivity index is 3.48. The maximum absolute atomic E-state index is 13.4. The fraction of sp³-hybridized carbons (Fsp3) is 0.455. The second kappa shape index (κ2) is 4.27. The molecule has 6 heteroatoms. The second-order valence-corrected chi connectivity index (χ2v) is 4.04. The van der Waals surface area contributed by atoms with Crippen LogP contribution in [0.25, 0.3) is 0 Å². The molecule has 0 radical (unpaired) electrons. The van der Waals surface area contributed by atoms with Crippen LogP contribution in [-0.2, 0) is 5.60 Å². The molecule has 0 aliphatic heterocycles. The highest BCUT2D eigenvalue weighted by Crippen LogP contribution is 2.42. The molecule has 0 fully saturated rings. The number of nitrogens with two attached hydrogens (primary N) is 1. The van der Waals surface area contributed by atoms with Crippen molar-refractivity contribution in [1.82, 2.24) is 0 Å². The molecule has 0 heterocycles. The standard InChI is InChI=1S/C11H13F4NO/c1-6-3-4-9(12)8(5-6)10(17,7(2)16)11(13,14)15/h3-5,7,17H,16H2,1-2H3. The van der Waals surface area contributed by atoms with Gasteiger partial charge < -0.3 is 10.8 Å². The van der Waals surface area contributed by atoms with Gasteiger partial charge >= 0.3 is 6.18 Å². The fourth-order valence-electron chi connectivity index (χ4n) is 1.59. The van der Waals surface area contributed by atoms with Gasteiger partial charge in [0.1, 0.15) is 5.82 Å². The van der Waals surface area contributed by atoms with Crippen molar-refractivity contribution in [1.29, 1.82) is 0 Å². The van der Waals surface area contributed by atoms with Crippen LogP contribution in [0.1, 0.15) is 18.1 Å². The summed E-state index contributed by atoms with van der Waals surface area (Å²) >= 11 is 0. The van der Waals surface area contributed by atoms with Crippen LogP contribution < -0.4 is 5.73 Å². The van der Waals surface area contributed by atoms with Crippen molar-refractivity contribution in [2.75, 3.05) is 0 Å². The molecule has 0 spiro atoms. The molecule has 0 amide bonds. The number of halogens is 4. The van der Waals surface area contributed by atoms with E-state index in [-0.39, 0.29) is 0 Å². The van der Waals surface area contributed by atoms with E-state index in [9.17, 15) is 22.7 Å². The van der Waals surface area contributed by atoms with Crippen LogP contribution in [-0.4, -0.2) is 17.3 Å². The maximum atomic E-state index is 13.4. The van der Waals surface area contributed by atoms with Crippen LogP contribution in [0.2, 0.25) is 0 Å². The number of benzene rings is 1. The summed E-state index contributed by atoms with van der Waals surface area (Å²) in [6, 6.07) is 1.46. The highest BCUT2D eigenvalue weighted by Gasteiger charge is 2.58. The van der Waals surface area contributed by atoms with E-state index in [1.807, 2.05) is 0 Å². The van der Waals surface area contributed by atoms with Gasteiger partial charge in [0.25, 0.3) is 0 Å². The molecule has 1 rings (SSSR count). The third-order valence-corrected chi connectivity index (χ3v) is 2.62. The van der Waals surface area contributed by atoms with Gasteiger partial charge in [0.15, 0.2) is 0 Å². The van der Waals surface area contributed by atoms with E-state index in [1.165, 1.54) is 13.0 Å². The average molecular weight is 251 g/mol. The van der Waals surface area contributed by atoms with Crippen molar-refractivity contribution in [3.05, 3.63) is 35.1 Å². The number of aliphatic hydroxyl groups is 1. The molecule has 1 aromatic rings. The number of rotatable bonds is 2. The Morgan fingerprint density at radius 2 is 1.82 bits per heavy atom. The minimum atomic E-state index is -5.05. The Kier molecular flexibility index (Phi) is 3.50. The van der Waals surface area contributed by atoms with Crippen LogP contribution in [0.5, 0.6) is 0 Å². The number of aryl methyl sites for hydroxylation is 1. The van der Waals surface area contributed by atoms with Gasteiger partial charge in [0.05, 0.1) is 0 Å². The quantitative estimate of drug-likeness (QED) is 0.792. The summed E-state index contributed by atoms with van der Waals surface area (Å²) in [4.78, 5) is 0. The fourth-order valence-corrected chi connectivity index (χ4v) is 1.59. The van der Waals surface area contributed by atoms with E-state index in [4.69, 9.17) is 5.73 Å². The zero-order valence-corrected chi connectivity index (χ0v) is 9.35. The van der Waals surface area contributed by atoms with Crippen molar-refractivity contribution in [2.45, 2.75) is 31.7 Å². The molecule has 2 unspecified atom stereocenters. The molecule has 1 aromatic carbocycles. The van der Waals surface area contributed by atoms with E-state index in [0.717, 1.165) is 19.1 Å². The first kappa shape index (κ1) is 13.9. The van der Waals surface area contributed by atoms with E-state index in [0.29, 0.717) is 5.56 Å². The Hall–Kier alpha value is -1.14. The predicted octanol–water partition coefficient (Wildman–Crippen LogP) is 2.23. The summed E-state index contributed by atoms with van der Waals surface area (Å²) in [6.45, 7) is 2.48. The van der Waals surface area contributed by atoms with Crippen molar-refractivity contribution in [3.63, 3.8) is 0 Å². The third kappa shape index (κ3) is 2.28.